The molecule has 0 aliphatic carbocycles. The van der Waals surface area contributed by atoms with Crippen molar-refractivity contribution in [2.75, 3.05) is 13.7 Å². The molecular weight excluding hydrogens is 156 g/mol. The second-order valence-electron chi connectivity index (χ2n) is 2.71. The first-order chi connectivity index (χ1) is 5.79. The van der Waals surface area contributed by atoms with Crippen LogP contribution >= 0.6 is 0 Å². The molecule has 12 heavy (non-hydrogen) atoms. The van der Waals surface area contributed by atoms with Crippen molar-refractivity contribution in [1.82, 2.24) is 10.2 Å². The highest BCUT2D eigenvalue weighted by Gasteiger charge is 2.11. The number of carbonyl (C=O) groups excluding carboxylic acids is 1. The summed E-state index contributed by atoms with van der Waals surface area (Å²) in [5.74, 6) is 0.178. The van der Waals surface area contributed by atoms with Crippen molar-refractivity contribution < 1.29 is 9.53 Å². The van der Waals surface area contributed by atoms with Gasteiger partial charge in [0.25, 0.3) is 0 Å². The lowest BCUT2D eigenvalue weighted by molar-refractivity contribution is 0.112. The molecule has 0 aliphatic heterocycles. The molecule has 0 saturated carbocycles. The number of nitrogens with one attached hydrogen (secondary N) is 1. The lowest BCUT2D eigenvalue weighted by atomic mass is 10.1. The minimum atomic E-state index is 0.178. The van der Waals surface area contributed by atoms with Crippen molar-refractivity contribution in [2.45, 2.75) is 12.8 Å². The monoisotopic (exact) mass is 168 g/mol. The zero-order valence-electron chi connectivity index (χ0n) is 7.20. The average molecular weight is 168 g/mol. The zero-order chi connectivity index (χ0) is 8.97. The van der Waals surface area contributed by atoms with Crippen molar-refractivity contribution in [2.24, 2.45) is 0 Å². The first-order valence-electron chi connectivity index (χ1n) is 3.77. The summed E-state index contributed by atoms with van der Waals surface area (Å²) in [7, 11) is 1.63. The summed E-state index contributed by atoms with van der Waals surface area (Å²) < 4.78 is 4.96. The summed E-state index contributed by atoms with van der Waals surface area (Å²) in [6.45, 7) is 2.56. The van der Waals surface area contributed by atoms with E-state index >= 15 is 0 Å². The molecule has 0 aliphatic rings. The Balaban J connectivity index is 2.78. The highest BCUT2D eigenvalue weighted by molar-refractivity contribution is 5.76. The maximum Gasteiger partial charge on any atom is 0.153 e. The van der Waals surface area contributed by atoms with Crippen LogP contribution in [0.4, 0.5) is 0 Å². The molecule has 0 aromatic carbocycles. The van der Waals surface area contributed by atoms with Crippen LogP contribution in [0.25, 0.3) is 0 Å². The predicted molar refractivity (Wildman–Crippen MR) is 44.3 cm³/mol. The summed E-state index contributed by atoms with van der Waals surface area (Å²) in [5.41, 5.74) is 1.45. The van der Waals surface area contributed by atoms with E-state index in [4.69, 9.17) is 4.74 Å². The number of H-pyrrole nitrogens is 1. The number of ether oxygens (including phenoxy) is 1. The lowest BCUT2D eigenvalue weighted by Crippen LogP contribution is -2.04. The Bertz CT molecular complexity index is 257. The van der Waals surface area contributed by atoms with Crippen molar-refractivity contribution >= 4 is 6.29 Å². The maximum absolute atomic E-state index is 10.5. The Morgan fingerprint density at radius 1 is 1.83 bits per heavy atom. The first-order valence-corrected chi connectivity index (χ1v) is 3.77. The van der Waals surface area contributed by atoms with E-state index in [1.807, 2.05) is 6.92 Å². The van der Waals surface area contributed by atoms with E-state index in [1.165, 1.54) is 6.20 Å². The van der Waals surface area contributed by atoms with E-state index in [2.05, 4.69) is 10.2 Å². The second-order valence-corrected chi connectivity index (χ2v) is 2.71. The van der Waals surface area contributed by atoms with Crippen LogP contribution in [0.5, 0.6) is 0 Å². The Morgan fingerprint density at radius 3 is 3.17 bits per heavy atom. The average Bonchev–Trinajstić information content (AvgIpc) is 2.51. The Kier molecular flexibility index (Phi) is 2.99. The highest BCUT2D eigenvalue weighted by atomic mass is 16.5. The molecule has 4 heteroatoms. The van der Waals surface area contributed by atoms with Gasteiger partial charge in [0, 0.05) is 13.0 Å². The summed E-state index contributed by atoms with van der Waals surface area (Å²) in [6, 6.07) is 0. The van der Waals surface area contributed by atoms with Gasteiger partial charge in [-0.1, -0.05) is 6.92 Å². The molecule has 1 unspecified atom stereocenters. The molecule has 1 atom stereocenters. The summed E-state index contributed by atoms with van der Waals surface area (Å²) >= 11 is 0. The topological polar surface area (TPSA) is 55.0 Å². The standard InChI is InChI=1S/C8H12N2O2/c1-6(5-12-2)8-7(4-11)3-9-10-8/h3-4,6H,5H2,1-2H3,(H,9,10). The Morgan fingerprint density at radius 2 is 2.58 bits per heavy atom. The van der Waals surface area contributed by atoms with Crippen LogP contribution in [0.3, 0.4) is 0 Å². The van der Waals surface area contributed by atoms with Gasteiger partial charge < -0.3 is 4.74 Å². The van der Waals surface area contributed by atoms with Crippen LogP contribution in [0.15, 0.2) is 6.20 Å². The third kappa shape index (κ3) is 1.71. The third-order valence-corrected chi connectivity index (χ3v) is 1.74. The molecule has 0 fully saturated rings. The van der Waals surface area contributed by atoms with Crippen LogP contribution in [-0.2, 0) is 4.74 Å². The van der Waals surface area contributed by atoms with Gasteiger partial charge in [-0.15, -0.1) is 0 Å². The van der Waals surface area contributed by atoms with Crippen LogP contribution in [0.2, 0.25) is 0 Å². The fourth-order valence-electron chi connectivity index (χ4n) is 1.13. The van der Waals surface area contributed by atoms with Gasteiger partial charge in [0.15, 0.2) is 6.29 Å². The van der Waals surface area contributed by atoms with Crippen LogP contribution in [0.1, 0.15) is 28.9 Å². The molecule has 4 nitrogen and oxygen atoms in total. The number of aromatic nitrogens is 2. The van der Waals surface area contributed by atoms with E-state index in [-0.39, 0.29) is 5.92 Å². The fourth-order valence-corrected chi connectivity index (χ4v) is 1.13. The number of hydrogen-bond donors (Lipinski definition) is 1. The van der Waals surface area contributed by atoms with Crippen molar-refractivity contribution in [1.29, 1.82) is 0 Å². The van der Waals surface area contributed by atoms with Crippen LogP contribution in [0, 0.1) is 0 Å². The molecule has 1 N–H and O–H groups in total. The molecule has 0 radical (unpaired) electrons. The van der Waals surface area contributed by atoms with E-state index in [0.717, 1.165) is 12.0 Å². The summed E-state index contributed by atoms with van der Waals surface area (Å²) in [5, 5.41) is 6.56. The van der Waals surface area contributed by atoms with Crippen molar-refractivity contribution in [3.8, 4) is 0 Å². The van der Waals surface area contributed by atoms with E-state index in [0.29, 0.717) is 12.2 Å². The molecule has 0 saturated heterocycles. The minimum Gasteiger partial charge on any atom is -0.384 e. The molecule has 0 bridgehead atoms. The van der Waals surface area contributed by atoms with Gasteiger partial charge in [0.1, 0.15) is 0 Å². The highest BCUT2D eigenvalue weighted by Crippen LogP contribution is 2.15. The van der Waals surface area contributed by atoms with Gasteiger partial charge >= 0.3 is 0 Å². The van der Waals surface area contributed by atoms with Crippen LogP contribution < -0.4 is 0 Å². The number of nitrogens with zero attached hydrogens (tertiary/aromatic N) is 1. The van der Waals surface area contributed by atoms with Crippen molar-refractivity contribution in [3.63, 3.8) is 0 Å². The van der Waals surface area contributed by atoms with Gasteiger partial charge in [-0.3, -0.25) is 9.89 Å². The number of hydrogen-bond acceptors (Lipinski definition) is 3. The van der Waals surface area contributed by atoms with E-state index < -0.39 is 0 Å². The molecular formula is C8H12N2O2. The Labute approximate surface area is 70.9 Å². The number of aldehydes is 1. The quantitative estimate of drug-likeness (QED) is 0.681. The first kappa shape index (κ1) is 8.93. The smallest absolute Gasteiger partial charge is 0.153 e. The van der Waals surface area contributed by atoms with Gasteiger partial charge in [0.05, 0.1) is 24.1 Å². The SMILES string of the molecule is COCC(C)c1[nH]ncc1C=O. The lowest BCUT2D eigenvalue weighted by Gasteiger charge is -2.07. The van der Waals surface area contributed by atoms with Gasteiger partial charge in [-0.05, 0) is 0 Å². The molecule has 0 spiro atoms. The molecule has 1 rings (SSSR count). The predicted octanol–water partition coefficient (Wildman–Crippen LogP) is 0.972. The van der Waals surface area contributed by atoms with Gasteiger partial charge in [0.2, 0.25) is 0 Å². The van der Waals surface area contributed by atoms with E-state index in [9.17, 15) is 4.79 Å². The third-order valence-electron chi connectivity index (χ3n) is 1.74. The number of rotatable bonds is 4. The maximum atomic E-state index is 10.5. The number of aromatic amines is 1. The Hall–Kier alpha value is -1.16. The number of methoxy groups -OCH3 is 1. The zero-order valence-corrected chi connectivity index (χ0v) is 7.20. The van der Waals surface area contributed by atoms with Crippen molar-refractivity contribution in [3.05, 3.63) is 17.5 Å². The van der Waals surface area contributed by atoms with Crippen LogP contribution in [-0.4, -0.2) is 30.2 Å². The molecule has 1 heterocycles. The fraction of sp³-hybridized carbons (Fsp3) is 0.500. The number of carbonyl (C=O) groups is 1. The largest absolute Gasteiger partial charge is 0.384 e. The normalized spacial score (nSPS) is 12.8. The van der Waals surface area contributed by atoms with Gasteiger partial charge in [-0.2, -0.15) is 5.10 Å². The molecule has 1 aromatic heterocycles. The summed E-state index contributed by atoms with van der Waals surface area (Å²) in [4.78, 5) is 10.5. The summed E-state index contributed by atoms with van der Waals surface area (Å²) in [6.07, 6.45) is 2.32. The minimum absolute atomic E-state index is 0.178. The van der Waals surface area contributed by atoms with E-state index in [1.54, 1.807) is 7.11 Å². The molecule has 0 amide bonds. The molecule has 1 aromatic rings. The second kappa shape index (κ2) is 4.01. The van der Waals surface area contributed by atoms with Gasteiger partial charge in [-0.25, -0.2) is 0 Å². The molecule has 66 valence electrons.